The Bertz CT molecular complexity index is 302. The Morgan fingerprint density at radius 1 is 1.58 bits per heavy atom. The van der Waals surface area contributed by atoms with Gasteiger partial charge in [0.25, 0.3) is 0 Å². The average Bonchev–Trinajstić information content (AvgIpc) is 2.05. The monoisotopic (exact) mass is 162 g/mol. The molecule has 0 atom stereocenters. The molecule has 1 aromatic carbocycles. The fourth-order valence-electron chi connectivity index (χ4n) is 0.885. The molecule has 0 fully saturated rings. The first-order chi connectivity index (χ1) is 5.74. The second-order valence-corrected chi connectivity index (χ2v) is 2.37. The van der Waals surface area contributed by atoms with Crippen molar-refractivity contribution in [2.45, 2.75) is 6.92 Å². The van der Waals surface area contributed by atoms with Crippen molar-refractivity contribution in [1.82, 2.24) is 0 Å². The molecule has 0 N–H and O–H groups in total. The maximum atomic E-state index is 10.9. The third-order valence-corrected chi connectivity index (χ3v) is 1.46. The summed E-state index contributed by atoms with van der Waals surface area (Å²) in [6.07, 6.45) is 1.33. The number of carbonyl (C=O) groups excluding carboxylic acids is 1. The van der Waals surface area contributed by atoms with Gasteiger partial charge in [-0.3, -0.25) is 4.79 Å². The normalized spacial score (nSPS) is 9.08. The quantitative estimate of drug-likeness (QED) is 0.504. The maximum Gasteiger partial charge on any atom is 0.159 e. The molecule has 2 nitrogen and oxygen atoms in total. The molecule has 0 saturated heterocycles. The van der Waals surface area contributed by atoms with Crippen molar-refractivity contribution in [3.63, 3.8) is 0 Å². The van der Waals surface area contributed by atoms with Crippen LogP contribution < -0.4 is 4.74 Å². The third-order valence-electron chi connectivity index (χ3n) is 1.46. The van der Waals surface area contributed by atoms with Gasteiger partial charge in [-0.1, -0.05) is 18.7 Å². The summed E-state index contributed by atoms with van der Waals surface area (Å²) >= 11 is 0. The van der Waals surface area contributed by atoms with Gasteiger partial charge >= 0.3 is 0 Å². The minimum Gasteiger partial charge on any atom is -0.466 e. The SMILES string of the molecule is C=COc1cccc(C(C)=O)c1. The zero-order valence-electron chi connectivity index (χ0n) is 6.91. The fraction of sp³-hybridized carbons (Fsp3) is 0.100. The molecule has 0 aliphatic rings. The minimum absolute atomic E-state index is 0.0320. The molecule has 0 unspecified atom stereocenters. The standard InChI is InChI=1S/C10H10O2/c1-3-12-10-6-4-5-9(7-10)8(2)11/h3-7H,1H2,2H3. The number of hydrogen-bond acceptors (Lipinski definition) is 2. The summed E-state index contributed by atoms with van der Waals surface area (Å²) in [5.41, 5.74) is 0.648. The lowest BCUT2D eigenvalue weighted by molar-refractivity contribution is 0.101. The zero-order chi connectivity index (χ0) is 8.97. The van der Waals surface area contributed by atoms with Gasteiger partial charge < -0.3 is 4.74 Å². The van der Waals surface area contributed by atoms with Crippen molar-refractivity contribution in [2.75, 3.05) is 0 Å². The predicted octanol–water partition coefficient (Wildman–Crippen LogP) is 2.41. The molecule has 2 heteroatoms. The van der Waals surface area contributed by atoms with Gasteiger partial charge in [-0.2, -0.15) is 0 Å². The van der Waals surface area contributed by atoms with Crippen LogP contribution in [0.3, 0.4) is 0 Å². The fourth-order valence-corrected chi connectivity index (χ4v) is 0.885. The highest BCUT2D eigenvalue weighted by Gasteiger charge is 1.99. The van der Waals surface area contributed by atoms with Gasteiger partial charge in [0.15, 0.2) is 5.78 Å². The van der Waals surface area contributed by atoms with Crippen molar-refractivity contribution in [1.29, 1.82) is 0 Å². The van der Waals surface area contributed by atoms with Crippen molar-refractivity contribution in [2.24, 2.45) is 0 Å². The summed E-state index contributed by atoms with van der Waals surface area (Å²) in [4.78, 5) is 10.9. The molecular weight excluding hydrogens is 152 g/mol. The molecule has 62 valence electrons. The number of ether oxygens (including phenoxy) is 1. The topological polar surface area (TPSA) is 26.3 Å². The van der Waals surface area contributed by atoms with E-state index in [-0.39, 0.29) is 5.78 Å². The van der Waals surface area contributed by atoms with Gasteiger partial charge in [-0.05, 0) is 19.1 Å². The highest BCUT2D eigenvalue weighted by atomic mass is 16.5. The van der Waals surface area contributed by atoms with Gasteiger partial charge in [-0.25, -0.2) is 0 Å². The van der Waals surface area contributed by atoms with Crippen LogP contribution in [-0.4, -0.2) is 5.78 Å². The van der Waals surface area contributed by atoms with Crippen molar-refractivity contribution in [3.05, 3.63) is 42.7 Å². The van der Waals surface area contributed by atoms with Gasteiger partial charge in [0.2, 0.25) is 0 Å². The maximum absolute atomic E-state index is 10.9. The van der Waals surface area contributed by atoms with Gasteiger partial charge in [0, 0.05) is 5.56 Å². The van der Waals surface area contributed by atoms with Gasteiger partial charge in [0.1, 0.15) is 5.75 Å². The Hall–Kier alpha value is -1.57. The average molecular weight is 162 g/mol. The van der Waals surface area contributed by atoms with E-state index in [1.54, 1.807) is 24.3 Å². The molecule has 0 aliphatic carbocycles. The minimum atomic E-state index is 0.0320. The molecule has 1 aromatic rings. The summed E-state index contributed by atoms with van der Waals surface area (Å²) < 4.78 is 5.01. The highest BCUT2D eigenvalue weighted by molar-refractivity contribution is 5.94. The molecule has 0 amide bonds. The first kappa shape index (κ1) is 8.53. The Morgan fingerprint density at radius 2 is 2.33 bits per heavy atom. The molecular formula is C10H10O2. The van der Waals surface area contributed by atoms with E-state index in [0.29, 0.717) is 11.3 Å². The Labute approximate surface area is 71.5 Å². The first-order valence-electron chi connectivity index (χ1n) is 3.62. The smallest absolute Gasteiger partial charge is 0.159 e. The summed E-state index contributed by atoms with van der Waals surface area (Å²) in [6, 6.07) is 6.98. The first-order valence-corrected chi connectivity index (χ1v) is 3.62. The number of hydrogen-bond donors (Lipinski definition) is 0. The summed E-state index contributed by atoms with van der Waals surface area (Å²) in [6.45, 7) is 4.94. The molecule has 0 aliphatic heterocycles. The lowest BCUT2D eigenvalue weighted by Crippen LogP contribution is -1.91. The summed E-state index contributed by atoms with van der Waals surface area (Å²) in [5.74, 6) is 0.669. The van der Waals surface area contributed by atoms with E-state index in [4.69, 9.17) is 4.74 Å². The van der Waals surface area contributed by atoms with Crippen LogP contribution >= 0.6 is 0 Å². The number of Topliss-reactive ketones (excluding diaryl/α,β-unsaturated/α-hetero) is 1. The van der Waals surface area contributed by atoms with E-state index in [0.717, 1.165) is 0 Å². The van der Waals surface area contributed by atoms with E-state index < -0.39 is 0 Å². The van der Waals surface area contributed by atoms with Crippen molar-refractivity contribution >= 4 is 5.78 Å². The van der Waals surface area contributed by atoms with E-state index in [9.17, 15) is 4.79 Å². The number of ketones is 1. The third kappa shape index (κ3) is 1.95. The molecule has 0 heterocycles. The predicted molar refractivity (Wildman–Crippen MR) is 47.3 cm³/mol. The lowest BCUT2D eigenvalue weighted by atomic mass is 10.1. The number of rotatable bonds is 3. The molecule has 0 radical (unpaired) electrons. The van der Waals surface area contributed by atoms with E-state index >= 15 is 0 Å². The van der Waals surface area contributed by atoms with Crippen LogP contribution in [0.15, 0.2) is 37.1 Å². The lowest BCUT2D eigenvalue weighted by Gasteiger charge is -2.00. The van der Waals surface area contributed by atoms with Crippen LogP contribution in [0.25, 0.3) is 0 Å². The largest absolute Gasteiger partial charge is 0.466 e. The zero-order valence-corrected chi connectivity index (χ0v) is 6.91. The van der Waals surface area contributed by atoms with Crippen molar-refractivity contribution in [3.8, 4) is 5.75 Å². The van der Waals surface area contributed by atoms with Crippen LogP contribution in [0.2, 0.25) is 0 Å². The van der Waals surface area contributed by atoms with Crippen LogP contribution in [0.1, 0.15) is 17.3 Å². The molecule has 0 saturated carbocycles. The molecule has 0 aromatic heterocycles. The molecule has 0 spiro atoms. The second-order valence-electron chi connectivity index (χ2n) is 2.37. The van der Waals surface area contributed by atoms with Crippen LogP contribution in [0.5, 0.6) is 5.75 Å². The van der Waals surface area contributed by atoms with Crippen LogP contribution in [0.4, 0.5) is 0 Å². The van der Waals surface area contributed by atoms with E-state index in [2.05, 4.69) is 6.58 Å². The Kier molecular flexibility index (Phi) is 2.64. The van der Waals surface area contributed by atoms with E-state index in [1.165, 1.54) is 13.2 Å². The number of carbonyl (C=O) groups is 1. The number of benzene rings is 1. The van der Waals surface area contributed by atoms with E-state index in [1.807, 2.05) is 0 Å². The second kappa shape index (κ2) is 3.72. The summed E-state index contributed by atoms with van der Waals surface area (Å²) in [7, 11) is 0. The van der Waals surface area contributed by atoms with Gasteiger partial charge in [0.05, 0.1) is 6.26 Å². The Balaban J connectivity index is 2.95. The highest BCUT2D eigenvalue weighted by Crippen LogP contribution is 2.13. The molecule has 1 rings (SSSR count). The van der Waals surface area contributed by atoms with Gasteiger partial charge in [-0.15, -0.1) is 0 Å². The molecule has 0 bridgehead atoms. The van der Waals surface area contributed by atoms with Crippen LogP contribution in [-0.2, 0) is 0 Å². The van der Waals surface area contributed by atoms with Crippen LogP contribution in [0, 0.1) is 0 Å². The summed E-state index contributed by atoms with van der Waals surface area (Å²) in [5, 5.41) is 0. The van der Waals surface area contributed by atoms with Crippen molar-refractivity contribution < 1.29 is 9.53 Å². The Morgan fingerprint density at radius 3 is 2.92 bits per heavy atom. The molecule has 12 heavy (non-hydrogen) atoms.